The van der Waals surface area contributed by atoms with E-state index in [2.05, 4.69) is 5.32 Å². The Hall–Kier alpha value is -2.12. The van der Waals surface area contributed by atoms with Crippen molar-refractivity contribution in [3.8, 4) is 0 Å². The third-order valence-corrected chi connectivity index (χ3v) is 6.83. The molecule has 38 heavy (non-hydrogen) atoms. The molecular formula is C23H17Cl2F10NOS. The molecule has 2 rings (SSSR count). The van der Waals surface area contributed by atoms with E-state index in [1.54, 1.807) is 0 Å². The van der Waals surface area contributed by atoms with Gasteiger partial charge in [0.2, 0.25) is 0 Å². The van der Waals surface area contributed by atoms with Gasteiger partial charge in [-0.1, -0.05) is 35.3 Å². The van der Waals surface area contributed by atoms with Crippen molar-refractivity contribution in [1.29, 1.82) is 0 Å². The van der Waals surface area contributed by atoms with Crippen LogP contribution in [0.3, 0.4) is 0 Å². The van der Waals surface area contributed by atoms with Gasteiger partial charge in [0.25, 0.3) is 5.91 Å². The van der Waals surface area contributed by atoms with Crippen LogP contribution < -0.4 is 5.32 Å². The first-order valence-corrected chi connectivity index (χ1v) is 12.3. The lowest BCUT2D eigenvalue weighted by molar-refractivity contribution is -0.140. The van der Waals surface area contributed by atoms with Crippen LogP contribution in [0.25, 0.3) is 5.83 Å². The smallest absolute Gasteiger partial charge is 0.349 e. The molecule has 1 N–H and O–H groups in total. The van der Waals surface area contributed by atoms with Crippen LogP contribution in [-0.2, 0) is 6.18 Å². The lowest BCUT2D eigenvalue weighted by Crippen LogP contribution is -2.35. The summed E-state index contributed by atoms with van der Waals surface area (Å²) in [6.07, 6.45) is -14.7. The summed E-state index contributed by atoms with van der Waals surface area (Å²) in [7, 11) is 0. The van der Waals surface area contributed by atoms with Gasteiger partial charge in [-0.15, -0.1) is 0 Å². The fraction of sp³-hybridized carbons (Fsp3) is 0.348. The zero-order chi connectivity index (χ0) is 29.1. The number of thioether (sulfide) groups is 1. The van der Waals surface area contributed by atoms with Crippen LogP contribution in [-0.4, -0.2) is 35.8 Å². The Labute approximate surface area is 224 Å². The van der Waals surface area contributed by atoms with Crippen molar-refractivity contribution in [3.63, 3.8) is 0 Å². The van der Waals surface area contributed by atoms with E-state index in [0.717, 1.165) is 18.2 Å². The summed E-state index contributed by atoms with van der Waals surface area (Å²) in [6.45, 7) is 1.27. The minimum atomic E-state index is -5.22. The number of halogens is 12. The molecule has 0 bridgehead atoms. The maximum atomic E-state index is 14.9. The van der Waals surface area contributed by atoms with Gasteiger partial charge in [0.05, 0.1) is 26.9 Å². The van der Waals surface area contributed by atoms with Crippen LogP contribution in [0.15, 0.2) is 42.5 Å². The molecule has 2 unspecified atom stereocenters. The van der Waals surface area contributed by atoms with Crippen molar-refractivity contribution in [1.82, 2.24) is 5.32 Å². The van der Waals surface area contributed by atoms with Gasteiger partial charge in [0.1, 0.15) is 11.7 Å². The van der Waals surface area contributed by atoms with Crippen LogP contribution in [0, 0.1) is 0 Å². The van der Waals surface area contributed by atoms with Gasteiger partial charge < -0.3 is 5.32 Å². The van der Waals surface area contributed by atoms with E-state index in [1.165, 1.54) is 6.92 Å². The number of allylic oxidation sites excluding steroid dienone is 1. The number of carbonyl (C=O) groups excluding carboxylic acids is 1. The molecule has 2 nitrogen and oxygen atoms in total. The van der Waals surface area contributed by atoms with Crippen LogP contribution in [0.1, 0.15) is 39.9 Å². The molecule has 0 aromatic heterocycles. The van der Waals surface area contributed by atoms with E-state index in [0.29, 0.717) is 23.9 Å². The second kappa shape index (κ2) is 12.4. The Balaban J connectivity index is 2.38. The van der Waals surface area contributed by atoms with Crippen LogP contribution in [0.4, 0.5) is 43.9 Å². The molecule has 15 heteroatoms. The lowest BCUT2D eigenvalue weighted by Gasteiger charge is -2.19. The predicted molar refractivity (Wildman–Crippen MR) is 126 cm³/mol. The summed E-state index contributed by atoms with van der Waals surface area (Å²) < 4.78 is 134. The maximum absolute atomic E-state index is 14.9. The summed E-state index contributed by atoms with van der Waals surface area (Å²) in [6, 6.07) is 3.27. The molecule has 2 atom stereocenters. The average molecular weight is 616 g/mol. The lowest BCUT2D eigenvalue weighted by atomic mass is 9.95. The molecule has 0 saturated heterocycles. The molecule has 0 fully saturated rings. The van der Waals surface area contributed by atoms with Gasteiger partial charge in [-0.2, -0.15) is 51.3 Å². The zero-order valence-corrected chi connectivity index (χ0v) is 21.3. The second-order valence-electron chi connectivity index (χ2n) is 7.97. The number of benzene rings is 2. The second-order valence-corrected chi connectivity index (χ2v) is 9.82. The van der Waals surface area contributed by atoms with Crippen LogP contribution >= 0.6 is 35.0 Å². The number of alkyl halides is 9. The Kier molecular flexibility index (Phi) is 10.5. The van der Waals surface area contributed by atoms with E-state index >= 15 is 0 Å². The molecule has 0 aliphatic heterocycles. The Morgan fingerprint density at radius 2 is 1.61 bits per heavy atom. The summed E-state index contributed by atoms with van der Waals surface area (Å²) in [5, 5.41) is 1.79. The van der Waals surface area contributed by atoms with Crippen molar-refractivity contribution in [2.45, 2.75) is 37.4 Å². The molecule has 0 aliphatic rings. The Bertz CT molecular complexity index is 1180. The molecule has 0 heterocycles. The normalized spacial score (nSPS) is 14.8. The minimum Gasteiger partial charge on any atom is -0.349 e. The number of hydrogen-bond acceptors (Lipinski definition) is 2. The molecule has 0 saturated carbocycles. The zero-order valence-electron chi connectivity index (χ0n) is 19.0. The summed E-state index contributed by atoms with van der Waals surface area (Å²) in [5.74, 6) is -7.06. The van der Waals surface area contributed by atoms with Gasteiger partial charge in [-0.05, 0) is 42.8 Å². The Morgan fingerprint density at radius 1 is 0.974 bits per heavy atom. The highest BCUT2D eigenvalue weighted by atomic mass is 35.5. The first-order valence-electron chi connectivity index (χ1n) is 10.4. The molecule has 210 valence electrons. The number of carbonyl (C=O) groups is 1. The molecule has 2 aromatic carbocycles. The molecule has 1 amide bonds. The van der Waals surface area contributed by atoms with E-state index in [9.17, 15) is 48.7 Å². The standard InChI is InChI=1S/C23H17Cl2F10NOS/c1-11(9-38-10-21(27,28)29)36-20(37)14-4-2-13(6-16(14)23(33,34)35)19(26)8-15(22(30,31)32)12-3-5-17(24)18(25)7-12/h2-8,11,15H,9-10H2,1H3,(H,36,37)/b19-8-. The fourth-order valence-electron chi connectivity index (χ4n) is 3.15. The molecule has 0 spiro atoms. The van der Waals surface area contributed by atoms with E-state index in [4.69, 9.17) is 23.2 Å². The SMILES string of the molecule is CC(CSCC(F)(F)F)NC(=O)c1ccc(/C(F)=C/C(c2ccc(Cl)c(Cl)c2)C(F)(F)F)cc1C(F)(F)F. The average Bonchev–Trinajstić information content (AvgIpc) is 2.76. The number of nitrogens with one attached hydrogen (secondary N) is 1. The van der Waals surface area contributed by atoms with Gasteiger partial charge >= 0.3 is 18.5 Å². The minimum absolute atomic E-state index is 0.0642. The van der Waals surface area contributed by atoms with Gasteiger partial charge in [0.15, 0.2) is 0 Å². The van der Waals surface area contributed by atoms with Crippen molar-refractivity contribution >= 4 is 46.7 Å². The highest BCUT2D eigenvalue weighted by Crippen LogP contribution is 2.41. The first kappa shape index (κ1) is 32.1. The van der Waals surface area contributed by atoms with Crippen molar-refractivity contribution in [2.75, 3.05) is 11.5 Å². The summed E-state index contributed by atoms with van der Waals surface area (Å²) in [4.78, 5) is 12.4. The van der Waals surface area contributed by atoms with E-state index in [-0.39, 0.29) is 27.9 Å². The highest BCUT2D eigenvalue weighted by molar-refractivity contribution is 7.99. The Morgan fingerprint density at radius 3 is 2.13 bits per heavy atom. The highest BCUT2D eigenvalue weighted by Gasteiger charge is 2.41. The van der Waals surface area contributed by atoms with Crippen molar-refractivity contribution < 1.29 is 48.7 Å². The van der Waals surface area contributed by atoms with Crippen LogP contribution in [0.5, 0.6) is 0 Å². The van der Waals surface area contributed by atoms with Gasteiger partial charge in [-0.25, -0.2) is 4.39 Å². The van der Waals surface area contributed by atoms with E-state index < -0.39 is 70.2 Å². The third-order valence-electron chi connectivity index (χ3n) is 4.82. The first-order chi connectivity index (χ1) is 17.3. The number of hydrogen-bond donors (Lipinski definition) is 1. The number of rotatable bonds is 8. The largest absolute Gasteiger partial charge is 0.417 e. The molecule has 0 aliphatic carbocycles. The molecule has 2 aromatic rings. The van der Waals surface area contributed by atoms with Gasteiger partial charge in [0, 0.05) is 17.4 Å². The van der Waals surface area contributed by atoms with E-state index in [1.807, 2.05) is 0 Å². The van der Waals surface area contributed by atoms with Crippen molar-refractivity contribution in [2.24, 2.45) is 0 Å². The topological polar surface area (TPSA) is 29.1 Å². The van der Waals surface area contributed by atoms with Crippen molar-refractivity contribution in [3.05, 3.63) is 74.8 Å². The molecule has 0 radical (unpaired) electrons. The predicted octanol–water partition coefficient (Wildman–Crippen LogP) is 9.08. The number of amides is 1. The summed E-state index contributed by atoms with van der Waals surface area (Å²) in [5.41, 5.74) is -4.05. The van der Waals surface area contributed by atoms with Crippen LogP contribution in [0.2, 0.25) is 10.0 Å². The quantitative estimate of drug-likeness (QED) is 0.300. The summed E-state index contributed by atoms with van der Waals surface area (Å²) >= 11 is 11.8. The third kappa shape index (κ3) is 9.26. The monoisotopic (exact) mass is 615 g/mol. The molecular weight excluding hydrogens is 599 g/mol. The van der Waals surface area contributed by atoms with Gasteiger partial charge in [-0.3, -0.25) is 4.79 Å². The maximum Gasteiger partial charge on any atom is 0.417 e. The fourth-order valence-corrected chi connectivity index (χ4v) is 4.24.